The van der Waals surface area contributed by atoms with E-state index in [2.05, 4.69) is 10.6 Å². The van der Waals surface area contributed by atoms with Gasteiger partial charge in [0.25, 0.3) is 0 Å². The van der Waals surface area contributed by atoms with Gasteiger partial charge in [-0.2, -0.15) is 0 Å². The first-order chi connectivity index (χ1) is 11.7. The number of aliphatic carboxylic acids is 1. The molecule has 1 saturated carbocycles. The smallest absolute Gasteiger partial charge is 0.550 e. The second-order valence-corrected chi connectivity index (χ2v) is 6.67. The number of benzene rings is 1. The molecule has 2 N–H and O–H groups in total. The van der Waals surface area contributed by atoms with E-state index in [9.17, 15) is 19.5 Å². The maximum atomic E-state index is 12.4. The molecule has 2 atom stereocenters. The Balaban J connectivity index is 0.00000338. The Kier molecular flexibility index (Phi) is 7.68. The molecule has 2 unspecified atom stereocenters. The third-order valence-corrected chi connectivity index (χ3v) is 4.86. The van der Waals surface area contributed by atoms with Crippen LogP contribution in [0.1, 0.15) is 27.2 Å². The normalized spacial score (nSPS) is 20.7. The van der Waals surface area contributed by atoms with Gasteiger partial charge in [-0.05, 0) is 37.5 Å². The van der Waals surface area contributed by atoms with Crippen molar-refractivity contribution in [2.75, 3.05) is 23.8 Å². The standard InChI is InChI=1S/C18H25N3O4.Na/c1-5-19-17(25)21(4)13-8-6-7-12(9-13)20-15(22)14-10-18(14,11(2)3)16(23)24;/h6-9,11,14H,5,10H2,1-4H3,(H,19,25)(H,20,22)(H,23,24);/q;+1/p-1. The summed E-state index contributed by atoms with van der Waals surface area (Å²) in [6, 6.07) is 6.60. The maximum absolute atomic E-state index is 12.4. The first kappa shape index (κ1) is 22.5. The number of carboxylic acids is 1. The minimum absolute atomic E-state index is 0. The van der Waals surface area contributed by atoms with Crippen molar-refractivity contribution in [1.82, 2.24) is 5.32 Å². The number of anilines is 2. The molecular formula is C18H24N3NaO4. The van der Waals surface area contributed by atoms with Crippen LogP contribution in [0.5, 0.6) is 0 Å². The van der Waals surface area contributed by atoms with Crippen LogP contribution in [0.25, 0.3) is 0 Å². The van der Waals surface area contributed by atoms with Crippen LogP contribution in [0.3, 0.4) is 0 Å². The summed E-state index contributed by atoms with van der Waals surface area (Å²) in [4.78, 5) is 37.2. The van der Waals surface area contributed by atoms with E-state index in [1.807, 2.05) is 6.92 Å². The summed E-state index contributed by atoms with van der Waals surface area (Å²) in [6.07, 6.45) is 0.289. The number of urea groups is 1. The molecule has 136 valence electrons. The zero-order valence-corrected chi connectivity index (χ0v) is 18.0. The molecular weight excluding hydrogens is 345 g/mol. The molecule has 1 aliphatic carbocycles. The van der Waals surface area contributed by atoms with Gasteiger partial charge in [0.1, 0.15) is 0 Å². The Bertz CT molecular complexity index is 695. The topological polar surface area (TPSA) is 102 Å². The van der Waals surface area contributed by atoms with E-state index in [0.29, 0.717) is 17.9 Å². The predicted octanol–water partition coefficient (Wildman–Crippen LogP) is -1.79. The third-order valence-electron chi connectivity index (χ3n) is 4.86. The first-order valence-electron chi connectivity index (χ1n) is 8.38. The number of amides is 3. The zero-order chi connectivity index (χ0) is 18.8. The van der Waals surface area contributed by atoms with E-state index < -0.39 is 17.3 Å². The molecule has 0 aromatic heterocycles. The largest absolute Gasteiger partial charge is 1.00 e. The third kappa shape index (κ3) is 4.39. The van der Waals surface area contributed by atoms with Crippen LogP contribution < -0.4 is 50.2 Å². The number of carbonyl (C=O) groups excluding carboxylic acids is 3. The fraction of sp³-hybridized carbons (Fsp3) is 0.500. The number of carboxylic acid groups (broad SMARTS) is 1. The SMILES string of the molecule is CCNC(=O)N(C)c1cccc(NC(=O)C2CC2(C(=O)[O-])C(C)C)c1.[Na+]. The van der Waals surface area contributed by atoms with Gasteiger partial charge in [0.15, 0.2) is 0 Å². The molecule has 0 aliphatic heterocycles. The van der Waals surface area contributed by atoms with Gasteiger partial charge in [-0.15, -0.1) is 0 Å². The maximum Gasteiger partial charge on any atom is 1.00 e. The number of nitrogens with zero attached hydrogens (tertiary/aromatic N) is 1. The molecule has 7 nitrogen and oxygen atoms in total. The Hall–Kier alpha value is -1.57. The molecule has 2 rings (SSSR count). The van der Waals surface area contributed by atoms with Crippen molar-refractivity contribution in [3.8, 4) is 0 Å². The van der Waals surface area contributed by atoms with Crippen LogP contribution in [-0.4, -0.2) is 31.5 Å². The molecule has 26 heavy (non-hydrogen) atoms. The van der Waals surface area contributed by atoms with Crippen LogP contribution >= 0.6 is 0 Å². The van der Waals surface area contributed by atoms with Gasteiger partial charge >= 0.3 is 35.6 Å². The van der Waals surface area contributed by atoms with E-state index in [1.54, 1.807) is 45.2 Å². The number of nitrogens with one attached hydrogen (secondary N) is 2. The zero-order valence-electron chi connectivity index (χ0n) is 16.0. The van der Waals surface area contributed by atoms with Gasteiger partial charge < -0.3 is 20.5 Å². The van der Waals surface area contributed by atoms with Gasteiger partial charge in [0.05, 0.1) is 5.92 Å². The van der Waals surface area contributed by atoms with E-state index in [0.717, 1.165) is 0 Å². The summed E-state index contributed by atoms with van der Waals surface area (Å²) in [5.74, 6) is -2.28. The fourth-order valence-electron chi connectivity index (χ4n) is 3.11. The van der Waals surface area contributed by atoms with Crippen LogP contribution in [0, 0.1) is 17.3 Å². The van der Waals surface area contributed by atoms with Crippen molar-refractivity contribution in [2.45, 2.75) is 27.2 Å². The van der Waals surface area contributed by atoms with Crippen LogP contribution in [0.15, 0.2) is 24.3 Å². The molecule has 1 fully saturated rings. The van der Waals surface area contributed by atoms with Crippen LogP contribution in [0.2, 0.25) is 0 Å². The minimum atomic E-state index is -1.17. The average Bonchev–Trinajstić information content (AvgIpc) is 3.32. The quantitative estimate of drug-likeness (QED) is 0.578. The van der Waals surface area contributed by atoms with Crippen LogP contribution in [-0.2, 0) is 9.59 Å². The predicted molar refractivity (Wildman–Crippen MR) is 92.9 cm³/mol. The molecule has 1 aliphatic rings. The second kappa shape index (κ2) is 8.88. The molecule has 1 aromatic carbocycles. The van der Waals surface area contributed by atoms with Crippen molar-refractivity contribution >= 4 is 29.3 Å². The first-order valence-corrected chi connectivity index (χ1v) is 8.38. The molecule has 0 bridgehead atoms. The van der Waals surface area contributed by atoms with Gasteiger partial charge in [-0.3, -0.25) is 9.69 Å². The molecule has 1 aromatic rings. The van der Waals surface area contributed by atoms with Crippen molar-refractivity contribution in [3.63, 3.8) is 0 Å². The van der Waals surface area contributed by atoms with Crippen molar-refractivity contribution in [1.29, 1.82) is 0 Å². The minimum Gasteiger partial charge on any atom is -0.550 e. The Labute approximate surface area is 175 Å². The molecule has 0 heterocycles. The number of carbonyl (C=O) groups is 3. The van der Waals surface area contributed by atoms with Crippen molar-refractivity contribution in [2.24, 2.45) is 17.3 Å². The number of rotatable bonds is 6. The molecule has 0 radical (unpaired) electrons. The molecule has 3 amide bonds. The molecule has 0 saturated heterocycles. The Morgan fingerprint density at radius 3 is 2.50 bits per heavy atom. The van der Waals surface area contributed by atoms with Gasteiger partial charge in [-0.25, -0.2) is 4.79 Å². The van der Waals surface area contributed by atoms with E-state index in [1.165, 1.54) is 4.90 Å². The molecule has 8 heteroatoms. The second-order valence-electron chi connectivity index (χ2n) is 6.67. The van der Waals surface area contributed by atoms with E-state index in [4.69, 9.17) is 0 Å². The van der Waals surface area contributed by atoms with E-state index in [-0.39, 0.29) is 53.8 Å². The summed E-state index contributed by atoms with van der Waals surface area (Å²) in [5.41, 5.74) is 0.0515. The van der Waals surface area contributed by atoms with E-state index >= 15 is 0 Å². The summed E-state index contributed by atoms with van der Waals surface area (Å²) in [7, 11) is 1.63. The summed E-state index contributed by atoms with van der Waals surface area (Å²) < 4.78 is 0. The fourth-order valence-corrected chi connectivity index (χ4v) is 3.11. The van der Waals surface area contributed by atoms with Crippen molar-refractivity contribution in [3.05, 3.63) is 24.3 Å². The molecule has 0 spiro atoms. The Morgan fingerprint density at radius 2 is 2.00 bits per heavy atom. The Morgan fingerprint density at radius 1 is 1.35 bits per heavy atom. The summed E-state index contributed by atoms with van der Waals surface area (Å²) in [5, 5.41) is 16.9. The van der Waals surface area contributed by atoms with Gasteiger partial charge in [-0.1, -0.05) is 19.9 Å². The van der Waals surface area contributed by atoms with Gasteiger partial charge in [0.2, 0.25) is 5.91 Å². The number of hydrogen-bond acceptors (Lipinski definition) is 4. The van der Waals surface area contributed by atoms with Gasteiger partial charge in [0, 0.05) is 36.4 Å². The average molecular weight is 369 g/mol. The monoisotopic (exact) mass is 369 g/mol. The summed E-state index contributed by atoms with van der Waals surface area (Å²) in [6.45, 7) is 5.91. The van der Waals surface area contributed by atoms with Crippen LogP contribution in [0.4, 0.5) is 16.2 Å². The number of hydrogen-bond donors (Lipinski definition) is 2. The summed E-state index contributed by atoms with van der Waals surface area (Å²) >= 11 is 0. The van der Waals surface area contributed by atoms with Crippen molar-refractivity contribution < 1.29 is 49.0 Å².